The Morgan fingerprint density at radius 1 is 1.35 bits per heavy atom. The minimum atomic E-state index is 0.301. The van der Waals surface area contributed by atoms with Crippen molar-refractivity contribution in [3.8, 4) is 0 Å². The molecule has 0 unspecified atom stereocenters. The van der Waals surface area contributed by atoms with E-state index < -0.39 is 0 Å². The number of anilines is 2. The van der Waals surface area contributed by atoms with Gasteiger partial charge in [0.05, 0.1) is 0 Å². The lowest BCUT2D eigenvalue weighted by atomic mass is 10.1. The molecule has 0 spiro atoms. The van der Waals surface area contributed by atoms with Gasteiger partial charge < -0.3 is 11.1 Å². The van der Waals surface area contributed by atoms with Gasteiger partial charge in [-0.2, -0.15) is 0 Å². The third-order valence-electron chi connectivity index (χ3n) is 3.50. The number of hydrogen-bond donors (Lipinski definition) is 2. The van der Waals surface area contributed by atoms with Crippen LogP contribution in [0.2, 0.25) is 0 Å². The van der Waals surface area contributed by atoms with Crippen LogP contribution in [0.15, 0.2) is 0 Å². The van der Waals surface area contributed by atoms with Gasteiger partial charge in [0.2, 0.25) is 0 Å². The zero-order valence-electron chi connectivity index (χ0n) is 11.2. The SMILES string of the molecule is Cc1c(N)nc(C(C)C)nc1NCC1(C)CC1. The van der Waals surface area contributed by atoms with E-state index in [4.69, 9.17) is 5.73 Å². The van der Waals surface area contributed by atoms with Crippen molar-refractivity contribution in [2.45, 2.75) is 46.5 Å². The Hall–Kier alpha value is -1.32. The van der Waals surface area contributed by atoms with Crippen molar-refractivity contribution in [1.82, 2.24) is 9.97 Å². The molecule has 0 aliphatic heterocycles. The third kappa shape index (κ3) is 2.68. The minimum absolute atomic E-state index is 0.301. The summed E-state index contributed by atoms with van der Waals surface area (Å²) >= 11 is 0. The predicted molar refractivity (Wildman–Crippen MR) is 71.1 cm³/mol. The largest absolute Gasteiger partial charge is 0.383 e. The van der Waals surface area contributed by atoms with Crippen molar-refractivity contribution in [1.29, 1.82) is 0 Å². The highest BCUT2D eigenvalue weighted by Gasteiger charge is 2.37. The molecule has 2 rings (SSSR count). The Labute approximate surface area is 103 Å². The quantitative estimate of drug-likeness (QED) is 0.840. The van der Waals surface area contributed by atoms with Crippen LogP contribution in [0.25, 0.3) is 0 Å². The van der Waals surface area contributed by atoms with E-state index in [1.54, 1.807) is 0 Å². The molecular weight excluding hydrogens is 212 g/mol. The number of nitrogen functional groups attached to an aromatic ring is 1. The maximum absolute atomic E-state index is 5.92. The first-order valence-corrected chi connectivity index (χ1v) is 6.29. The van der Waals surface area contributed by atoms with E-state index in [-0.39, 0.29) is 0 Å². The third-order valence-corrected chi connectivity index (χ3v) is 3.50. The molecule has 3 N–H and O–H groups in total. The highest BCUT2D eigenvalue weighted by Crippen LogP contribution is 2.44. The molecule has 0 atom stereocenters. The van der Waals surface area contributed by atoms with Crippen LogP contribution >= 0.6 is 0 Å². The Morgan fingerprint density at radius 2 is 2.00 bits per heavy atom. The lowest BCUT2D eigenvalue weighted by molar-refractivity contribution is 0.608. The fourth-order valence-corrected chi connectivity index (χ4v) is 1.67. The van der Waals surface area contributed by atoms with Crippen molar-refractivity contribution < 1.29 is 0 Å². The van der Waals surface area contributed by atoms with Crippen molar-refractivity contribution in [2.24, 2.45) is 5.41 Å². The summed E-state index contributed by atoms with van der Waals surface area (Å²) in [5, 5.41) is 3.42. The van der Waals surface area contributed by atoms with Crippen molar-refractivity contribution in [3.63, 3.8) is 0 Å². The lowest BCUT2D eigenvalue weighted by Gasteiger charge is -2.15. The van der Waals surface area contributed by atoms with E-state index in [2.05, 4.69) is 36.1 Å². The Morgan fingerprint density at radius 3 is 2.53 bits per heavy atom. The summed E-state index contributed by atoms with van der Waals surface area (Å²) in [6.45, 7) is 9.40. The number of nitrogens with zero attached hydrogens (tertiary/aromatic N) is 2. The Bertz CT molecular complexity index is 422. The number of rotatable bonds is 4. The maximum atomic E-state index is 5.92. The fourth-order valence-electron chi connectivity index (χ4n) is 1.67. The van der Waals surface area contributed by atoms with Gasteiger partial charge >= 0.3 is 0 Å². The summed E-state index contributed by atoms with van der Waals surface area (Å²) in [5.41, 5.74) is 7.34. The predicted octanol–water partition coefficient (Wildman–Crippen LogP) is 2.70. The van der Waals surface area contributed by atoms with E-state index >= 15 is 0 Å². The molecule has 1 aromatic rings. The molecule has 1 fully saturated rings. The first-order valence-electron chi connectivity index (χ1n) is 6.29. The minimum Gasteiger partial charge on any atom is -0.383 e. The van der Waals surface area contributed by atoms with Crippen molar-refractivity contribution in [2.75, 3.05) is 17.6 Å². The topological polar surface area (TPSA) is 63.8 Å². The van der Waals surface area contributed by atoms with Crippen LogP contribution in [0.4, 0.5) is 11.6 Å². The molecule has 1 aromatic heterocycles. The van der Waals surface area contributed by atoms with Gasteiger partial charge in [-0.05, 0) is 25.2 Å². The summed E-state index contributed by atoms with van der Waals surface area (Å²) in [7, 11) is 0. The molecule has 0 saturated heterocycles. The second-order valence-electron chi connectivity index (χ2n) is 5.76. The average Bonchev–Trinajstić information content (AvgIpc) is 2.99. The Kier molecular flexibility index (Phi) is 2.98. The summed E-state index contributed by atoms with van der Waals surface area (Å²) in [6, 6.07) is 0. The standard InChI is InChI=1S/C13H22N4/c1-8(2)11-16-10(14)9(3)12(17-11)15-7-13(4)5-6-13/h8H,5-7H2,1-4H3,(H3,14,15,16,17). The van der Waals surface area contributed by atoms with Gasteiger partial charge in [-0.25, -0.2) is 9.97 Å². The van der Waals surface area contributed by atoms with Gasteiger partial charge in [0, 0.05) is 18.0 Å². The molecule has 17 heavy (non-hydrogen) atoms. The Balaban J connectivity index is 2.19. The highest BCUT2D eigenvalue weighted by molar-refractivity contribution is 5.55. The van der Waals surface area contributed by atoms with Gasteiger partial charge in [0.1, 0.15) is 17.5 Å². The van der Waals surface area contributed by atoms with Crippen LogP contribution in [0.5, 0.6) is 0 Å². The molecule has 0 aromatic carbocycles. The number of hydrogen-bond acceptors (Lipinski definition) is 4. The van der Waals surface area contributed by atoms with Crippen LogP contribution in [0.3, 0.4) is 0 Å². The normalized spacial score (nSPS) is 17.2. The molecule has 0 bridgehead atoms. The van der Waals surface area contributed by atoms with Crippen LogP contribution in [-0.2, 0) is 0 Å². The smallest absolute Gasteiger partial charge is 0.135 e. The first-order chi connectivity index (χ1) is 7.91. The van der Waals surface area contributed by atoms with E-state index in [1.807, 2.05) is 6.92 Å². The zero-order chi connectivity index (χ0) is 12.6. The van der Waals surface area contributed by atoms with Crippen LogP contribution in [0, 0.1) is 12.3 Å². The van der Waals surface area contributed by atoms with Crippen LogP contribution in [0.1, 0.15) is 50.9 Å². The summed E-state index contributed by atoms with van der Waals surface area (Å²) in [4.78, 5) is 8.88. The molecular formula is C13H22N4. The van der Waals surface area contributed by atoms with Crippen LogP contribution < -0.4 is 11.1 Å². The number of aromatic nitrogens is 2. The molecule has 1 saturated carbocycles. The fraction of sp³-hybridized carbons (Fsp3) is 0.692. The molecule has 1 aliphatic rings. The molecule has 94 valence electrons. The van der Waals surface area contributed by atoms with E-state index in [0.29, 0.717) is 17.2 Å². The van der Waals surface area contributed by atoms with E-state index in [0.717, 1.165) is 23.8 Å². The highest BCUT2D eigenvalue weighted by atomic mass is 15.1. The lowest BCUT2D eigenvalue weighted by Crippen LogP contribution is -2.16. The summed E-state index contributed by atoms with van der Waals surface area (Å²) in [5.74, 6) is 2.60. The molecule has 0 radical (unpaired) electrons. The zero-order valence-corrected chi connectivity index (χ0v) is 11.2. The van der Waals surface area contributed by atoms with Gasteiger partial charge in [-0.1, -0.05) is 20.8 Å². The maximum Gasteiger partial charge on any atom is 0.135 e. The van der Waals surface area contributed by atoms with E-state index in [9.17, 15) is 0 Å². The van der Waals surface area contributed by atoms with Gasteiger partial charge in [-0.15, -0.1) is 0 Å². The van der Waals surface area contributed by atoms with Crippen molar-refractivity contribution in [3.05, 3.63) is 11.4 Å². The van der Waals surface area contributed by atoms with Gasteiger partial charge in [-0.3, -0.25) is 0 Å². The number of nitrogens with two attached hydrogens (primary N) is 1. The molecule has 4 heteroatoms. The second kappa shape index (κ2) is 4.17. The van der Waals surface area contributed by atoms with Gasteiger partial charge in [0.25, 0.3) is 0 Å². The van der Waals surface area contributed by atoms with Crippen LogP contribution in [-0.4, -0.2) is 16.5 Å². The summed E-state index contributed by atoms with van der Waals surface area (Å²) < 4.78 is 0. The van der Waals surface area contributed by atoms with E-state index in [1.165, 1.54) is 12.8 Å². The molecule has 0 amide bonds. The monoisotopic (exact) mass is 234 g/mol. The summed E-state index contributed by atoms with van der Waals surface area (Å²) in [6.07, 6.45) is 2.60. The average molecular weight is 234 g/mol. The molecule has 4 nitrogen and oxygen atoms in total. The second-order valence-corrected chi connectivity index (χ2v) is 5.76. The number of nitrogens with one attached hydrogen (secondary N) is 1. The molecule has 1 heterocycles. The molecule has 1 aliphatic carbocycles. The van der Waals surface area contributed by atoms with Gasteiger partial charge in [0.15, 0.2) is 0 Å². The first kappa shape index (κ1) is 12.1. The van der Waals surface area contributed by atoms with Crippen molar-refractivity contribution >= 4 is 11.6 Å².